The van der Waals surface area contributed by atoms with Crippen LogP contribution < -0.4 is 0 Å². The first kappa shape index (κ1) is 13.8. The summed E-state index contributed by atoms with van der Waals surface area (Å²) in [7, 11) is 0. The second kappa shape index (κ2) is 5.34. The van der Waals surface area contributed by atoms with Crippen LogP contribution in [0.1, 0.15) is 27.0 Å². The zero-order valence-corrected chi connectivity index (χ0v) is 12.7. The molecule has 104 valence electrons. The molecule has 0 aromatic heterocycles. The average molecular weight is 295 g/mol. The van der Waals surface area contributed by atoms with Crippen LogP contribution in [0.5, 0.6) is 0 Å². The molecule has 1 nitrogen and oxygen atoms in total. The highest BCUT2D eigenvalue weighted by Gasteiger charge is 2.17. The van der Waals surface area contributed by atoms with Crippen molar-refractivity contribution in [3.8, 4) is 0 Å². The summed E-state index contributed by atoms with van der Waals surface area (Å²) >= 11 is 6.15. The van der Waals surface area contributed by atoms with Crippen LogP contribution in [0, 0.1) is 13.8 Å². The van der Waals surface area contributed by atoms with Crippen LogP contribution in [0.2, 0.25) is 5.02 Å². The molecule has 0 saturated heterocycles. The highest BCUT2D eigenvalue weighted by molar-refractivity contribution is 6.32. The van der Waals surface area contributed by atoms with Gasteiger partial charge in [-0.2, -0.15) is 0 Å². The molecule has 21 heavy (non-hydrogen) atoms. The van der Waals surface area contributed by atoms with Crippen LogP contribution in [-0.2, 0) is 0 Å². The summed E-state index contributed by atoms with van der Waals surface area (Å²) in [6.45, 7) is 3.86. The fraction of sp³-hybridized carbons (Fsp3) is 0.105. The second-order valence-electron chi connectivity index (χ2n) is 5.22. The van der Waals surface area contributed by atoms with Crippen molar-refractivity contribution >= 4 is 28.2 Å². The molecule has 3 aromatic rings. The van der Waals surface area contributed by atoms with Crippen molar-refractivity contribution in [2.24, 2.45) is 0 Å². The Kier molecular flexibility index (Phi) is 3.52. The first-order chi connectivity index (χ1) is 10.1. The third-order valence-electron chi connectivity index (χ3n) is 3.88. The zero-order valence-electron chi connectivity index (χ0n) is 12.0. The summed E-state index contributed by atoms with van der Waals surface area (Å²) in [6, 6.07) is 17.5. The van der Waals surface area contributed by atoms with Gasteiger partial charge in [0.25, 0.3) is 0 Å². The number of hydrogen-bond donors (Lipinski definition) is 0. The van der Waals surface area contributed by atoms with E-state index in [-0.39, 0.29) is 5.78 Å². The van der Waals surface area contributed by atoms with Gasteiger partial charge in [0.1, 0.15) is 0 Å². The third kappa shape index (κ3) is 2.34. The van der Waals surface area contributed by atoms with Crippen molar-refractivity contribution < 1.29 is 4.79 Å². The number of ketones is 1. The van der Waals surface area contributed by atoms with Crippen LogP contribution in [0.4, 0.5) is 0 Å². The molecule has 0 aliphatic heterocycles. The molecule has 0 N–H and O–H groups in total. The Balaban J connectivity index is 2.27. The summed E-state index contributed by atoms with van der Waals surface area (Å²) in [4.78, 5) is 13.0. The Labute approximate surface area is 129 Å². The van der Waals surface area contributed by atoms with Crippen LogP contribution >= 0.6 is 11.6 Å². The molecule has 0 radical (unpaired) electrons. The molecule has 0 amide bonds. The fourth-order valence-corrected chi connectivity index (χ4v) is 2.84. The number of carbonyl (C=O) groups excluding carboxylic acids is 1. The quantitative estimate of drug-likeness (QED) is 0.583. The number of fused-ring (bicyclic) bond motifs is 1. The Morgan fingerprint density at radius 2 is 1.67 bits per heavy atom. The number of hydrogen-bond acceptors (Lipinski definition) is 1. The molecule has 0 bridgehead atoms. The maximum absolute atomic E-state index is 13.0. The summed E-state index contributed by atoms with van der Waals surface area (Å²) in [5, 5.41) is 2.69. The molecule has 0 aliphatic carbocycles. The number of rotatable bonds is 2. The van der Waals surface area contributed by atoms with Gasteiger partial charge in [0.2, 0.25) is 0 Å². The lowest BCUT2D eigenvalue weighted by atomic mass is 9.91. The minimum Gasteiger partial charge on any atom is -0.289 e. The van der Waals surface area contributed by atoms with Gasteiger partial charge in [-0.1, -0.05) is 60.1 Å². The maximum atomic E-state index is 13.0. The molecule has 0 unspecified atom stereocenters. The van der Waals surface area contributed by atoms with Gasteiger partial charge in [-0.25, -0.2) is 0 Å². The van der Waals surface area contributed by atoms with Crippen LogP contribution in [0.15, 0.2) is 54.6 Å². The van der Waals surface area contributed by atoms with Gasteiger partial charge in [0.05, 0.1) is 0 Å². The first-order valence-corrected chi connectivity index (χ1v) is 7.25. The van der Waals surface area contributed by atoms with Crippen LogP contribution in [-0.4, -0.2) is 5.78 Å². The van der Waals surface area contributed by atoms with Crippen molar-refractivity contribution in [3.63, 3.8) is 0 Å². The van der Waals surface area contributed by atoms with Crippen molar-refractivity contribution in [1.29, 1.82) is 0 Å². The summed E-state index contributed by atoms with van der Waals surface area (Å²) in [6.07, 6.45) is 0. The van der Waals surface area contributed by atoms with Gasteiger partial charge >= 0.3 is 0 Å². The Hall–Kier alpha value is -2.12. The van der Waals surface area contributed by atoms with Crippen LogP contribution in [0.3, 0.4) is 0 Å². The van der Waals surface area contributed by atoms with E-state index in [0.29, 0.717) is 10.6 Å². The van der Waals surface area contributed by atoms with E-state index in [9.17, 15) is 4.79 Å². The van der Waals surface area contributed by atoms with Crippen molar-refractivity contribution in [1.82, 2.24) is 0 Å². The topological polar surface area (TPSA) is 17.1 Å². The molecule has 0 spiro atoms. The Morgan fingerprint density at radius 1 is 0.905 bits per heavy atom. The summed E-state index contributed by atoms with van der Waals surface area (Å²) in [5.41, 5.74) is 3.25. The molecular formula is C19H15ClO. The fourth-order valence-electron chi connectivity index (χ4n) is 2.67. The molecule has 2 heteroatoms. The minimum atomic E-state index is 0.0318. The smallest absolute Gasteiger partial charge is 0.194 e. The van der Waals surface area contributed by atoms with Gasteiger partial charge in [-0.15, -0.1) is 0 Å². The lowest BCUT2D eigenvalue weighted by Gasteiger charge is -2.12. The summed E-state index contributed by atoms with van der Waals surface area (Å²) < 4.78 is 0. The summed E-state index contributed by atoms with van der Waals surface area (Å²) in [5.74, 6) is 0.0318. The predicted molar refractivity (Wildman–Crippen MR) is 88.3 cm³/mol. The second-order valence-corrected chi connectivity index (χ2v) is 5.63. The molecule has 0 aliphatic rings. The van der Waals surface area contributed by atoms with Gasteiger partial charge in [0, 0.05) is 16.1 Å². The lowest BCUT2D eigenvalue weighted by Crippen LogP contribution is -2.07. The third-order valence-corrected chi connectivity index (χ3v) is 4.29. The molecular weight excluding hydrogens is 280 g/mol. The van der Waals surface area contributed by atoms with E-state index in [4.69, 9.17) is 11.6 Å². The largest absolute Gasteiger partial charge is 0.289 e. The Morgan fingerprint density at radius 3 is 2.48 bits per heavy atom. The van der Waals surface area contributed by atoms with E-state index in [1.165, 1.54) is 0 Å². The van der Waals surface area contributed by atoms with Crippen LogP contribution in [0.25, 0.3) is 10.8 Å². The highest BCUT2D eigenvalue weighted by atomic mass is 35.5. The van der Waals surface area contributed by atoms with Gasteiger partial charge in [-0.3, -0.25) is 4.79 Å². The number of halogens is 1. The van der Waals surface area contributed by atoms with E-state index < -0.39 is 0 Å². The predicted octanol–water partition coefficient (Wildman–Crippen LogP) is 5.34. The average Bonchev–Trinajstić information content (AvgIpc) is 2.49. The Bertz CT molecular complexity index is 849. The van der Waals surface area contributed by atoms with E-state index in [2.05, 4.69) is 0 Å². The van der Waals surface area contributed by atoms with E-state index in [1.807, 2.05) is 68.4 Å². The van der Waals surface area contributed by atoms with Crippen molar-refractivity contribution in [3.05, 3.63) is 81.9 Å². The molecule has 0 heterocycles. The molecule has 0 saturated carbocycles. The maximum Gasteiger partial charge on any atom is 0.194 e. The molecule has 0 atom stereocenters. The van der Waals surface area contributed by atoms with Crippen molar-refractivity contribution in [2.45, 2.75) is 13.8 Å². The van der Waals surface area contributed by atoms with Gasteiger partial charge < -0.3 is 0 Å². The SMILES string of the molecule is Cc1ccc2ccccc2c1C(=O)c1cccc(Cl)c1C. The minimum absolute atomic E-state index is 0.0318. The monoisotopic (exact) mass is 294 g/mol. The van der Waals surface area contributed by atoms with Gasteiger partial charge in [0.15, 0.2) is 5.78 Å². The van der Waals surface area contributed by atoms with Gasteiger partial charge in [-0.05, 0) is 41.8 Å². The van der Waals surface area contributed by atoms with E-state index in [1.54, 1.807) is 0 Å². The normalized spacial score (nSPS) is 10.8. The first-order valence-electron chi connectivity index (χ1n) is 6.88. The molecule has 0 fully saturated rings. The standard InChI is InChI=1S/C19H15ClO/c1-12-10-11-14-6-3-4-7-16(14)18(12)19(21)15-8-5-9-17(20)13(15)2/h3-11H,1-2H3. The molecule has 3 aromatic carbocycles. The van der Waals surface area contributed by atoms with Crippen molar-refractivity contribution in [2.75, 3.05) is 0 Å². The molecule has 3 rings (SSSR count). The van der Waals surface area contributed by atoms with E-state index >= 15 is 0 Å². The van der Waals surface area contributed by atoms with E-state index in [0.717, 1.165) is 27.5 Å². The zero-order chi connectivity index (χ0) is 15.0. The number of benzene rings is 3. The number of carbonyl (C=O) groups is 1. The lowest BCUT2D eigenvalue weighted by molar-refractivity contribution is 0.103. The number of aryl methyl sites for hydroxylation is 1. The highest BCUT2D eigenvalue weighted by Crippen LogP contribution is 2.27.